The number of carbonyl (C=O) groups excluding carboxylic acids is 2. The van der Waals surface area contributed by atoms with Crippen LogP contribution in [0.4, 0.5) is 21.0 Å². The van der Waals surface area contributed by atoms with E-state index in [2.05, 4.69) is 30.7 Å². The molecule has 0 radical (unpaired) electrons. The van der Waals surface area contributed by atoms with E-state index in [1.54, 1.807) is 16.9 Å². The molecule has 0 bridgehead atoms. The van der Waals surface area contributed by atoms with Gasteiger partial charge in [-0.2, -0.15) is 5.10 Å². The molecule has 2 N–H and O–H groups in total. The maximum atomic E-state index is 13.5. The molecule has 0 spiro atoms. The Hall–Kier alpha value is -4.51. The van der Waals surface area contributed by atoms with Crippen molar-refractivity contribution >= 4 is 51.1 Å². The molecule has 0 aliphatic carbocycles. The van der Waals surface area contributed by atoms with Crippen molar-refractivity contribution in [2.24, 2.45) is 0 Å². The standard InChI is InChI=1S/C23H16FN7O2S/c24-16-3-1-2-14(6-16)11-31-20-5-4-17(7-15(20)8-28-31)29-21-19(10-25-13-27-21)22(33)30-23-26-9-18(12-32)34-23/h1-10,12-13H,11H2,(H,25,27,29)(H,26,30,33). The number of hydrogen-bond donors (Lipinski definition) is 2. The smallest absolute Gasteiger partial charge is 0.262 e. The zero-order chi connectivity index (χ0) is 23.5. The predicted octanol–water partition coefficient (Wildman–Crippen LogP) is 4.28. The number of anilines is 3. The van der Waals surface area contributed by atoms with Gasteiger partial charge >= 0.3 is 0 Å². The first-order valence-electron chi connectivity index (χ1n) is 10.1. The van der Waals surface area contributed by atoms with Gasteiger partial charge in [0.25, 0.3) is 5.91 Å². The minimum atomic E-state index is -0.459. The van der Waals surface area contributed by atoms with Crippen LogP contribution in [-0.4, -0.2) is 36.9 Å². The van der Waals surface area contributed by atoms with Gasteiger partial charge in [-0.3, -0.25) is 19.6 Å². The van der Waals surface area contributed by atoms with Crippen molar-refractivity contribution in [3.05, 3.63) is 89.2 Å². The third-order valence-corrected chi connectivity index (χ3v) is 5.78. The van der Waals surface area contributed by atoms with E-state index in [4.69, 9.17) is 0 Å². The first-order valence-corrected chi connectivity index (χ1v) is 10.9. The van der Waals surface area contributed by atoms with Gasteiger partial charge in [0.2, 0.25) is 0 Å². The number of nitrogens with zero attached hydrogens (tertiary/aromatic N) is 5. The second-order valence-corrected chi connectivity index (χ2v) is 8.32. The molecule has 0 fully saturated rings. The van der Waals surface area contributed by atoms with Gasteiger partial charge < -0.3 is 5.32 Å². The van der Waals surface area contributed by atoms with Crippen LogP contribution in [0.15, 0.2) is 67.4 Å². The van der Waals surface area contributed by atoms with Crippen LogP contribution < -0.4 is 10.6 Å². The van der Waals surface area contributed by atoms with E-state index in [0.29, 0.717) is 34.3 Å². The number of rotatable bonds is 7. The summed E-state index contributed by atoms with van der Waals surface area (Å²) in [4.78, 5) is 36.1. The first kappa shape index (κ1) is 21.3. The van der Waals surface area contributed by atoms with Gasteiger partial charge in [0.15, 0.2) is 11.4 Å². The largest absolute Gasteiger partial charge is 0.339 e. The lowest BCUT2D eigenvalue weighted by molar-refractivity contribution is 0.102. The van der Waals surface area contributed by atoms with Crippen LogP contribution >= 0.6 is 11.3 Å². The highest BCUT2D eigenvalue weighted by atomic mass is 32.1. The maximum Gasteiger partial charge on any atom is 0.262 e. The predicted molar refractivity (Wildman–Crippen MR) is 126 cm³/mol. The number of nitrogens with one attached hydrogen (secondary N) is 2. The molecule has 0 saturated heterocycles. The van der Waals surface area contributed by atoms with Crippen molar-refractivity contribution in [3.8, 4) is 0 Å². The number of carbonyl (C=O) groups is 2. The Morgan fingerprint density at radius 2 is 2.03 bits per heavy atom. The molecule has 34 heavy (non-hydrogen) atoms. The zero-order valence-corrected chi connectivity index (χ0v) is 18.3. The summed E-state index contributed by atoms with van der Waals surface area (Å²) in [7, 11) is 0. The minimum Gasteiger partial charge on any atom is -0.339 e. The number of fused-ring (bicyclic) bond motifs is 1. The van der Waals surface area contributed by atoms with Crippen molar-refractivity contribution in [2.45, 2.75) is 6.54 Å². The Morgan fingerprint density at radius 3 is 2.85 bits per heavy atom. The topological polar surface area (TPSA) is 115 Å². The summed E-state index contributed by atoms with van der Waals surface area (Å²) in [5, 5.41) is 11.4. The summed E-state index contributed by atoms with van der Waals surface area (Å²) in [5.74, 6) is -0.436. The molecule has 168 valence electrons. The first-order chi connectivity index (χ1) is 16.6. The molecule has 1 amide bonds. The van der Waals surface area contributed by atoms with E-state index in [0.717, 1.165) is 27.8 Å². The van der Waals surface area contributed by atoms with E-state index in [9.17, 15) is 14.0 Å². The molecule has 2 aromatic carbocycles. The summed E-state index contributed by atoms with van der Waals surface area (Å²) in [5.41, 5.74) is 2.60. The van der Waals surface area contributed by atoms with Crippen LogP contribution in [0.5, 0.6) is 0 Å². The molecular formula is C23H16FN7O2S. The fourth-order valence-electron chi connectivity index (χ4n) is 3.39. The molecule has 0 atom stereocenters. The lowest BCUT2D eigenvalue weighted by Gasteiger charge is -2.10. The molecule has 3 heterocycles. The van der Waals surface area contributed by atoms with Gasteiger partial charge in [0.05, 0.1) is 29.3 Å². The molecule has 0 aliphatic rings. The number of aromatic nitrogens is 5. The normalized spacial score (nSPS) is 10.9. The highest BCUT2D eigenvalue weighted by Gasteiger charge is 2.16. The van der Waals surface area contributed by atoms with Gasteiger partial charge in [-0.05, 0) is 35.9 Å². The molecule has 11 heteroatoms. The quantitative estimate of drug-likeness (QED) is 0.339. The van der Waals surface area contributed by atoms with Gasteiger partial charge in [0.1, 0.15) is 23.5 Å². The molecule has 9 nitrogen and oxygen atoms in total. The summed E-state index contributed by atoms with van der Waals surface area (Å²) in [6.45, 7) is 0.437. The molecule has 5 aromatic rings. The van der Waals surface area contributed by atoms with Gasteiger partial charge in [0, 0.05) is 17.3 Å². The molecular weight excluding hydrogens is 457 g/mol. The van der Waals surface area contributed by atoms with Crippen LogP contribution in [0.3, 0.4) is 0 Å². The molecule has 5 rings (SSSR count). The molecule has 0 saturated carbocycles. The Labute approximate surface area is 196 Å². The van der Waals surface area contributed by atoms with E-state index >= 15 is 0 Å². The lowest BCUT2D eigenvalue weighted by atomic mass is 10.2. The van der Waals surface area contributed by atoms with E-state index in [1.165, 1.54) is 30.9 Å². The van der Waals surface area contributed by atoms with Crippen molar-refractivity contribution in [1.82, 2.24) is 24.7 Å². The van der Waals surface area contributed by atoms with E-state index in [1.807, 2.05) is 24.3 Å². The van der Waals surface area contributed by atoms with Crippen molar-refractivity contribution in [3.63, 3.8) is 0 Å². The van der Waals surface area contributed by atoms with Gasteiger partial charge in [-0.1, -0.05) is 23.5 Å². The maximum absolute atomic E-state index is 13.5. The monoisotopic (exact) mass is 473 g/mol. The SMILES string of the molecule is O=Cc1cnc(NC(=O)c2cncnc2Nc2ccc3c(cnn3Cc3cccc(F)c3)c2)s1. The summed E-state index contributed by atoms with van der Waals surface area (Å²) in [6.07, 6.45) is 6.51. The van der Waals surface area contributed by atoms with Crippen LogP contribution in [-0.2, 0) is 6.54 Å². The fourth-order valence-corrected chi connectivity index (χ4v) is 4.02. The Morgan fingerprint density at radius 1 is 1.12 bits per heavy atom. The van der Waals surface area contributed by atoms with Crippen LogP contribution in [0.25, 0.3) is 10.9 Å². The lowest BCUT2D eigenvalue weighted by Crippen LogP contribution is -2.15. The van der Waals surface area contributed by atoms with E-state index < -0.39 is 5.91 Å². The molecule has 0 aliphatic heterocycles. The number of thiazole rings is 1. The Bertz CT molecular complexity index is 1510. The van der Waals surface area contributed by atoms with Crippen LogP contribution in [0.1, 0.15) is 25.6 Å². The highest BCUT2D eigenvalue weighted by molar-refractivity contribution is 7.17. The van der Waals surface area contributed by atoms with Crippen molar-refractivity contribution in [1.29, 1.82) is 0 Å². The average molecular weight is 473 g/mol. The Kier molecular flexibility index (Phi) is 5.75. The fraction of sp³-hybridized carbons (Fsp3) is 0.0435. The minimum absolute atomic E-state index is 0.215. The highest BCUT2D eigenvalue weighted by Crippen LogP contribution is 2.25. The Balaban J connectivity index is 1.36. The summed E-state index contributed by atoms with van der Waals surface area (Å²) in [6, 6.07) is 12.0. The zero-order valence-electron chi connectivity index (χ0n) is 17.5. The van der Waals surface area contributed by atoms with Gasteiger partial charge in [-0.25, -0.2) is 19.3 Å². The number of halogens is 1. The second-order valence-electron chi connectivity index (χ2n) is 7.26. The van der Waals surface area contributed by atoms with E-state index in [-0.39, 0.29) is 11.4 Å². The number of aldehydes is 1. The average Bonchev–Trinajstić information content (AvgIpc) is 3.46. The van der Waals surface area contributed by atoms with Crippen molar-refractivity contribution in [2.75, 3.05) is 10.6 Å². The third kappa shape index (κ3) is 4.50. The summed E-state index contributed by atoms with van der Waals surface area (Å²) < 4.78 is 15.3. The van der Waals surface area contributed by atoms with Gasteiger partial charge in [-0.15, -0.1) is 0 Å². The number of amides is 1. The molecule has 3 aromatic heterocycles. The second kappa shape index (κ2) is 9.16. The third-order valence-electron chi connectivity index (χ3n) is 4.94. The van der Waals surface area contributed by atoms with Crippen molar-refractivity contribution < 1.29 is 14.0 Å². The number of hydrogen-bond acceptors (Lipinski definition) is 8. The number of benzene rings is 2. The van der Waals surface area contributed by atoms with Crippen LogP contribution in [0, 0.1) is 5.82 Å². The molecule has 0 unspecified atom stereocenters. The van der Waals surface area contributed by atoms with Crippen LogP contribution in [0.2, 0.25) is 0 Å². The summed E-state index contributed by atoms with van der Waals surface area (Å²) >= 11 is 1.07.